The number of methoxy groups -OCH3 is 1. The first-order valence-electron chi connectivity index (χ1n) is 9.28. The van der Waals surface area contributed by atoms with Crippen molar-refractivity contribution >= 4 is 11.9 Å². The van der Waals surface area contributed by atoms with Crippen LogP contribution in [0.2, 0.25) is 0 Å². The number of benzene rings is 1. The van der Waals surface area contributed by atoms with Crippen molar-refractivity contribution < 1.29 is 28.9 Å². The predicted octanol–water partition coefficient (Wildman–Crippen LogP) is 2.29. The Balaban J connectivity index is 1.86. The molecule has 1 aromatic rings. The number of carboxylic acid groups (broad SMARTS) is 1. The minimum absolute atomic E-state index is 0.189. The summed E-state index contributed by atoms with van der Waals surface area (Å²) in [5, 5.41) is 9.80. The second kappa shape index (κ2) is 7.76. The van der Waals surface area contributed by atoms with Crippen molar-refractivity contribution in [3.63, 3.8) is 0 Å². The fraction of sp³-hybridized carbons (Fsp3) is 0.600. The molecule has 0 unspecified atom stereocenters. The molecule has 1 aromatic carbocycles. The third-order valence-electron chi connectivity index (χ3n) is 5.41. The molecule has 0 spiro atoms. The lowest BCUT2D eigenvalue weighted by molar-refractivity contribution is -0.157. The fourth-order valence-corrected chi connectivity index (χ4v) is 3.81. The molecule has 148 valence electrons. The summed E-state index contributed by atoms with van der Waals surface area (Å²) in [5.41, 5.74) is -0.490. The number of carboxylic acids is 1. The van der Waals surface area contributed by atoms with Gasteiger partial charge in [0.1, 0.15) is 11.5 Å². The molecule has 0 saturated carbocycles. The lowest BCUT2D eigenvalue weighted by Crippen LogP contribution is -2.45. The molecular formula is C20H27NO6. The van der Waals surface area contributed by atoms with Gasteiger partial charge < -0.3 is 24.2 Å². The number of fused-ring (bicyclic) bond motifs is 1. The van der Waals surface area contributed by atoms with Crippen LogP contribution in [-0.2, 0) is 9.53 Å². The van der Waals surface area contributed by atoms with E-state index in [1.54, 1.807) is 30.2 Å². The quantitative estimate of drug-likeness (QED) is 0.819. The van der Waals surface area contributed by atoms with Crippen molar-refractivity contribution in [2.24, 2.45) is 17.3 Å². The van der Waals surface area contributed by atoms with Gasteiger partial charge in [-0.2, -0.15) is 0 Å². The van der Waals surface area contributed by atoms with Gasteiger partial charge in [0.15, 0.2) is 0 Å². The van der Waals surface area contributed by atoms with E-state index in [1.807, 2.05) is 13.8 Å². The lowest BCUT2D eigenvalue weighted by atomic mass is 9.74. The largest absolute Gasteiger partial charge is 0.497 e. The van der Waals surface area contributed by atoms with Gasteiger partial charge in [-0.3, -0.25) is 9.59 Å². The average Bonchev–Trinajstić information content (AvgIpc) is 3.06. The number of aliphatic carboxylic acids is 1. The highest BCUT2D eigenvalue weighted by Gasteiger charge is 2.55. The number of hydrogen-bond acceptors (Lipinski definition) is 5. The van der Waals surface area contributed by atoms with Gasteiger partial charge in [-0.15, -0.1) is 0 Å². The van der Waals surface area contributed by atoms with Crippen LogP contribution in [0.5, 0.6) is 11.5 Å². The molecule has 7 heteroatoms. The maximum atomic E-state index is 13.2. The Hall–Kier alpha value is -2.28. The van der Waals surface area contributed by atoms with Gasteiger partial charge in [-0.05, 0) is 24.5 Å². The van der Waals surface area contributed by atoms with Gasteiger partial charge in [0.2, 0.25) is 0 Å². The lowest BCUT2D eigenvalue weighted by Gasteiger charge is -2.33. The summed E-state index contributed by atoms with van der Waals surface area (Å²) in [6.45, 7) is 5.90. The first kappa shape index (κ1) is 19.5. The zero-order chi connectivity index (χ0) is 19.6. The van der Waals surface area contributed by atoms with E-state index < -0.39 is 11.4 Å². The summed E-state index contributed by atoms with van der Waals surface area (Å²) in [4.78, 5) is 26.8. The molecule has 3 rings (SSSR count). The summed E-state index contributed by atoms with van der Waals surface area (Å²) < 4.78 is 16.6. The number of carbonyl (C=O) groups is 2. The highest BCUT2D eigenvalue weighted by molar-refractivity contribution is 5.98. The minimum Gasteiger partial charge on any atom is -0.497 e. The van der Waals surface area contributed by atoms with Crippen molar-refractivity contribution in [2.75, 3.05) is 40.0 Å². The van der Waals surface area contributed by atoms with Crippen molar-refractivity contribution in [3.05, 3.63) is 23.8 Å². The van der Waals surface area contributed by atoms with Gasteiger partial charge in [-0.25, -0.2) is 0 Å². The Morgan fingerprint density at radius 1 is 1.41 bits per heavy atom. The second-order valence-electron chi connectivity index (χ2n) is 7.74. The third-order valence-corrected chi connectivity index (χ3v) is 5.41. The summed E-state index contributed by atoms with van der Waals surface area (Å²) in [7, 11) is 1.56. The van der Waals surface area contributed by atoms with E-state index in [-0.39, 0.29) is 18.4 Å². The fourth-order valence-electron chi connectivity index (χ4n) is 3.81. The molecule has 2 aliphatic heterocycles. The molecule has 27 heavy (non-hydrogen) atoms. The Morgan fingerprint density at radius 3 is 2.81 bits per heavy atom. The number of hydrogen-bond donors (Lipinski definition) is 1. The Labute approximate surface area is 159 Å². The van der Waals surface area contributed by atoms with Crippen molar-refractivity contribution in [1.29, 1.82) is 0 Å². The van der Waals surface area contributed by atoms with Crippen molar-refractivity contribution in [1.82, 2.24) is 4.90 Å². The summed E-state index contributed by atoms with van der Waals surface area (Å²) >= 11 is 0. The molecule has 2 saturated heterocycles. The van der Waals surface area contributed by atoms with Crippen LogP contribution >= 0.6 is 0 Å². The van der Waals surface area contributed by atoms with E-state index in [1.165, 1.54) is 0 Å². The predicted molar refractivity (Wildman–Crippen MR) is 98.2 cm³/mol. The molecule has 2 fully saturated rings. The minimum atomic E-state index is -0.917. The molecule has 1 amide bonds. The first-order chi connectivity index (χ1) is 12.9. The van der Waals surface area contributed by atoms with E-state index >= 15 is 0 Å². The van der Waals surface area contributed by atoms with Gasteiger partial charge in [0, 0.05) is 31.7 Å². The first-order valence-corrected chi connectivity index (χ1v) is 9.28. The van der Waals surface area contributed by atoms with E-state index in [4.69, 9.17) is 14.2 Å². The van der Waals surface area contributed by atoms with Crippen LogP contribution < -0.4 is 9.47 Å². The summed E-state index contributed by atoms with van der Waals surface area (Å²) in [6.07, 6.45) is 0.427. The molecule has 0 aromatic heterocycles. The number of nitrogens with zero attached hydrogens (tertiary/aromatic N) is 1. The highest BCUT2D eigenvalue weighted by Crippen LogP contribution is 2.43. The molecule has 2 aliphatic rings. The van der Waals surface area contributed by atoms with E-state index in [9.17, 15) is 14.7 Å². The summed E-state index contributed by atoms with van der Waals surface area (Å²) in [5.74, 6) is 0.120. The van der Waals surface area contributed by atoms with Crippen LogP contribution in [0.25, 0.3) is 0 Å². The van der Waals surface area contributed by atoms with Crippen molar-refractivity contribution in [3.8, 4) is 11.5 Å². The van der Waals surface area contributed by atoms with Gasteiger partial charge in [0.25, 0.3) is 5.91 Å². The SMILES string of the molecule is COc1ccc(C(=O)N2C[C@H]3COCC[C@@]3(C(=O)O)C2)c(OCC(C)C)c1. The van der Waals surface area contributed by atoms with Crippen LogP contribution in [0.3, 0.4) is 0 Å². The monoisotopic (exact) mass is 377 g/mol. The standard InChI is InChI=1S/C20H27NO6/c1-13(2)10-27-17-8-15(25-3)4-5-16(17)18(22)21-9-14-11-26-7-6-20(14,12-21)19(23)24/h4-5,8,13-14H,6-7,9-12H2,1-3H3,(H,23,24)/t14-,20+/m0/s1. The maximum Gasteiger partial charge on any atom is 0.311 e. The Kier molecular flexibility index (Phi) is 5.60. The molecule has 0 aliphatic carbocycles. The average molecular weight is 377 g/mol. The molecule has 1 N–H and O–H groups in total. The number of carbonyl (C=O) groups excluding carboxylic acids is 1. The molecule has 2 atom stereocenters. The molecule has 2 heterocycles. The number of rotatable bonds is 6. The van der Waals surface area contributed by atoms with Crippen LogP contribution in [0.4, 0.5) is 0 Å². The number of likely N-dealkylation sites (tertiary alicyclic amines) is 1. The smallest absolute Gasteiger partial charge is 0.311 e. The normalized spacial score (nSPS) is 24.6. The van der Waals surface area contributed by atoms with Crippen LogP contribution in [0.15, 0.2) is 18.2 Å². The van der Waals surface area contributed by atoms with Crippen LogP contribution in [-0.4, -0.2) is 61.9 Å². The zero-order valence-corrected chi connectivity index (χ0v) is 16.1. The van der Waals surface area contributed by atoms with Crippen molar-refractivity contribution in [2.45, 2.75) is 20.3 Å². The maximum absolute atomic E-state index is 13.2. The zero-order valence-electron chi connectivity index (χ0n) is 16.1. The Bertz CT molecular complexity index is 718. The molecule has 7 nitrogen and oxygen atoms in total. The van der Waals surface area contributed by atoms with E-state index in [2.05, 4.69) is 0 Å². The van der Waals surface area contributed by atoms with Gasteiger partial charge in [0.05, 0.1) is 31.3 Å². The van der Waals surface area contributed by atoms with Crippen LogP contribution in [0.1, 0.15) is 30.6 Å². The second-order valence-corrected chi connectivity index (χ2v) is 7.74. The third kappa shape index (κ3) is 3.74. The molecule has 0 bridgehead atoms. The van der Waals surface area contributed by atoms with Gasteiger partial charge in [-0.1, -0.05) is 13.8 Å². The van der Waals surface area contributed by atoms with E-state index in [0.29, 0.717) is 55.8 Å². The Morgan fingerprint density at radius 2 is 2.19 bits per heavy atom. The van der Waals surface area contributed by atoms with Gasteiger partial charge >= 0.3 is 5.97 Å². The molecule has 0 radical (unpaired) electrons. The number of amides is 1. The van der Waals surface area contributed by atoms with Crippen LogP contribution in [0, 0.1) is 17.3 Å². The highest BCUT2D eigenvalue weighted by atomic mass is 16.5. The molecular weight excluding hydrogens is 350 g/mol. The number of ether oxygens (including phenoxy) is 3. The topological polar surface area (TPSA) is 85.3 Å². The van der Waals surface area contributed by atoms with E-state index in [0.717, 1.165) is 0 Å². The summed E-state index contributed by atoms with van der Waals surface area (Å²) in [6, 6.07) is 5.10.